The van der Waals surface area contributed by atoms with Crippen molar-refractivity contribution in [3.63, 3.8) is 0 Å². The van der Waals surface area contributed by atoms with Crippen molar-refractivity contribution in [2.24, 2.45) is 5.84 Å². The molecule has 15 heavy (non-hydrogen) atoms. The van der Waals surface area contributed by atoms with Gasteiger partial charge in [-0.05, 0) is 12.1 Å². The lowest BCUT2D eigenvalue weighted by molar-refractivity contribution is 0.0728. The van der Waals surface area contributed by atoms with Crippen LogP contribution in [0, 0.1) is 0 Å². The first kappa shape index (κ1) is 11.4. The maximum Gasteiger partial charge on any atom is 0.449 e. The number of carbonyl (C=O) groups excluding carboxylic acids is 1. The Morgan fingerprint density at radius 1 is 1.40 bits per heavy atom. The average molecular weight is 232 g/mol. The molecule has 0 saturated carbocycles. The molecule has 0 saturated heterocycles. The Hall–Kier alpha value is -1.64. The van der Waals surface area contributed by atoms with Crippen molar-refractivity contribution in [3.05, 3.63) is 29.8 Å². The van der Waals surface area contributed by atoms with E-state index in [4.69, 9.17) is 10.4 Å². The molecule has 8 heteroatoms. The van der Waals surface area contributed by atoms with Crippen LogP contribution in [0.15, 0.2) is 24.3 Å². The van der Waals surface area contributed by atoms with E-state index < -0.39 is 16.4 Å². The summed E-state index contributed by atoms with van der Waals surface area (Å²) in [5, 5.41) is 0. The van der Waals surface area contributed by atoms with Crippen molar-refractivity contribution in [2.45, 2.75) is 0 Å². The van der Waals surface area contributed by atoms with Gasteiger partial charge in [-0.25, -0.2) is 4.79 Å². The zero-order valence-electron chi connectivity index (χ0n) is 7.38. The zero-order chi connectivity index (χ0) is 11.5. The largest absolute Gasteiger partial charge is 0.449 e. The van der Waals surface area contributed by atoms with Gasteiger partial charge in [-0.15, -0.1) is 0 Å². The van der Waals surface area contributed by atoms with E-state index in [0.717, 1.165) is 0 Å². The van der Waals surface area contributed by atoms with E-state index in [1.54, 1.807) is 6.07 Å². The molecule has 0 radical (unpaired) electrons. The molecule has 1 aromatic carbocycles. The number of benzene rings is 1. The molecule has 0 aliphatic carbocycles. The van der Waals surface area contributed by atoms with Crippen molar-refractivity contribution >= 4 is 22.1 Å². The normalized spacial score (nSPS) is 10.8. The van der Waals surface area contributed by atoms with Gasteiger partial charge < -0.3 is 9.61 Å². The first-order valence-corrected chi connectivity index (χ1v) is 5.07. The van der Waals surface area contributed by atoms with Gasteiger partial charge in [0.15, 0.2) is 0 Å². The quantitative estimate of drug-likeness (QED) is 0.379. The predicted octanol–water partition coefficient (Wildman–Crippen LogP) is -0.0682. The molecule has 0 aromatic heterocycles. The Bertz CT molecular complexity index is 470. The van der Waals surface area contributed by atoms with Gasteiger partial charge in [0, 0.05) is 0 Å². The third-order valence-electron chi connectivity index (χ3n) is 1.48. The summed E-state index contributed by atoms with van der Waals surface area (Å²) >= 11 is 0. The van der Waals surface area contributed by atoms with Gasteiger partial charge in [0.2, 0.25) is 0 Å². The first-order chi connectivity index (χ1) is 6.94. The van der Waals surface area contributed by atoms with Crippen LogP contribution in [-0.4, -0.2) is 18.9 Å². The summed E-state index contributed by atoms with van der Waals surface area (Å²) in [5.74, 6) is 3.87. The number of rotatable bonds is 3. The number of nitrogen functional groups attached to an aromatic ring is 1. The van der Waals surface area contributed by atoms with E-state index in [1.807, 2.05) is 0 Å². The van der Waals surface area contributed by atoms with E-state index >= 15 is 0 Å². The van der Waals surface area contributed by atoms with Gasteiger partial charge in [0.1, 0.15) is 0 Å². The molecular formula is C7H8N2O5S. The first-order valence-electron chi connectivity index (χ1n) is 3.71. The van der Waals surface area contributed by atoms with Gasteiger partial charge in [-0.2, -0.15) is 8.42 Å². The van der Waals surface area contributed by atoms with Gasteiger partial charge in [-0.1, -0.05) is 12.1 Å². The summed E-state index contributed by atoms with van der Waals surface area (Å²) in [5.41, 5.74) is 2.27. The summed E-state index contributed by atoms with van der Waals surface area (Å²) in [6.45, 7) is 0. The number of hydrazine groups is 1. The van der Waals surface area contributed by atoms with E-state index in [-0.39, 0.29) is 11.3 Å². The zero-order valence-corrected chi connectivity index (χ0v) is 8.19. The second-order valence-electron chi connectivity index (χ2n) is 2.49. The molecule has 0 bridgehead atoms. The third kappa shape index (κ3) is 3.20. The Balaban J connectivity index is 3.01. The highest BCUT2D eigenvalue weighted by Crippen LogP contribution is 2.15. The number of para-hydroxylation sites is 1. The lowest BCUT2D eigenvalue weighted by Gasteiger charge is -2.05. The van der Waals surface area contributed by atoms with E-state index in [9.17, 15) is 13.2 Å². The minimum absolute atomic E-state index is 0.0994. The number of nitrogens with two attached hydrogens (primary N) is 1. The van der Waals surface area contributed by atoms with Crippen LogP contribution in [0.5, 0.6) is 0 Å². The maximum atomic E-state index is 11.2. The van der Waals surface area contributed by atoms with Crippen LogP contribution < -0.4 is 11.3 Å². The summed E-state index contributed by atoms with van der Waals surface area (Å²) in [6.07, 6.45) is 0. The van der Waals surface area contributed by atoms with Gasteiger partial charge in [0.25, 0.3) is 0 Å². The fourth-order valence-corrected chi connectivity index (χ4v) is 1.21. The fourth-order valence-electron chi connectivity index (χ4n) is 0.928. The molecule has 0 aliphatic heterocycles. The van der Waals surface area contributed by atoms with Crippen LogP contribution in [0.2, 0.25) is 0 Å². The highest BCUT2D eigenvalue weighted by molar-refractivity contribution is 7.81. The summed E-state index contributed by atoms with van der Waals surface area (Å²) in [4.78, 5) is 11.2. The van der Waals surface area contributed by atoms with Crippen molar-refractivity contribution in [1.29, 1.82) is 0 Å². The number of anilines is 1. The van der Waals surface area contributed by atoms with E-state index in [0.29, 0.717) is 0 Å². The minimum atomic E-state index is -4.81. The summed E-state index contributed by atoms with van der Waals surface area (Å²) < 4.78 is 32.6. The Morgan fingerprint density at radius 2 is 2.00 bits per heavy atom. The van der Waals surface area contributed by atoms with E-state index in [1.165, 1.54) is 18.2 Å². The molecule has 0 fully saturated rings. The van der Waals surface area contributed by atoms with Gasteiger partial charge in [0.05, 0.1) is 11.3 Å². The molecule has 82 valence electrons. The number of hydrogen-bond donors (Lipinski definition) is 3. The molecule has 0 atom stereocenters. The monoisotopic (exact) mass is 232 g/mol. The fraction of sp³-hybridized carbons (Fsp3) is 0. The molecular weight excluding hydrogens is 224 g/mol. The topological polar surface area (TPSA) is 119 Å². The van der Waals surface area contributed by atoms with Crippen LogP contribution in [0.4, 0.5) is 5.69 Å². The third-order valence-corrected chi connectivity index (χ3v) is 1.85. The Labute approximate surface area is 85.8 Å². The SMILES string of the molecule is NNc1ccccc1C(=O)OS(=O)(=O)O. The molecule has 1 rings (SSSR count). The summed E-state index contributed by atoms with van der Waals surface area (Å²) in [7, 11) is -4.81. The average Bonchev–Trinajstić information content (AvgIpc) is 2.15. The molecule has 0 spiro atoms. The standard InChI is InChI=1S/C7H8N2O5S/c8-9-6-4-2-1-3-5(6)7(10)14-15(11,12)13/h1-4,9H,8H2,(H,11,12,13). The maximum absolute atomic E-state index is 11.2. The Morgan fingerprint density at radius 3 is 2.53 bits per heavy atom. The highest BCUT2D eigenvalue weighted by Gasteiger charge is 2.18. The second-order valence-corrected chi connectivity index (χ2v) is 3.51. The van der Waals surface area contributed by atoms with Gasteiger partial charge in [-0.3, -0.25) is 10.4 Å². The molecule has 0 heterocycles. The van der Waals surface area contributed by atoms with Crippen molar-refractivity contribution in [3.8, 4) is 0 Å². The molecule has 0 unspecified atom stereocenters. The molecule has 7 nitrogen and oxygen atoms in total. The molecule has 4 N–H and O–H groups in total. The van der Waals surface area contributed by atoms with Crippen LogP contribution >= 0.6 is 0 Å². The van der Waals surface area contributed by atoms with Crippen LogP contribution in [0.1, 0.15) is 10.4 Å². The highest BCUT2D eigenvalue weighted by atomic mass is 32.3. The Kier molecular flexibility index (Phi) is 3.24. The molecule has 1 aromatic rings. The van der Waals surface area contributed by atoms with E-state index in [2.05, 4.69) is 9.61 Å². The van der Waals surface area contributed by atoms with Crippen LogP contribution in [0.3, 0.4) is 0 Å². The lowest BCUT2D eigenvalue weighted by atomic mass is 10.2. The van der Waals surface area contributed by atoms with Crippen molar-refractivity contribution in [2.75, 3.05) is 5.43 Å². The molecule has 0 aliphatic rings. The molecule has 0 amide bonds. The lowest BCUT2D eigenvalue weighted by Crippen LogP contribution is -2.16. The second kappa shape index (κ2) is 4.26. The van der Waals surface area contributed by atoms with Gasteiger partial charge >= 0.3 is 16.4 Å². The smallest absolute Gasteiger partial charge is 0.323 e. The van der Waals surface area contributed by atoms with Crippen LogP contribution in [0.25, 0.3) is 0 Å². The number of nitrogens with one attached hydrogen (secondary N) is 1. The number of hydrogen-bond acceptors (Lipinski definition) is 6. The number of carbonyl (C=O) groups is 1. The van der Waals surface area contributed by atoms with Crippen molar-refractivity contribution < 1.29 is 21.9 Å². The van der Waals surface area contributed by atoms with Crippen LogP contribution in [-0.2, 0) is 14.6 Å². The van der Waals surface area contributed by atoms with Crippen molar-refractivity contribution in [1.82, 2.24) is 0 Å². The predicted molar refractivity (Wildman–Crippen MR) is 51.2 cm³/mol. The minimum Gasteiger partial charge on any atom is -0.323 e. The summed E-state index contributed by atoms with van der Waals surface area (Å²) in [6, 6.07) is 5.81.